The molecule has 0 unspecified atom stereocenters. The summed E-state index contributed by atoms with van der Waals surface area (Å²) in [6.07, 6.45) is 6.30. The Balaban J connectivity index is 2.25. The first-order valence-corrected chi connectivity index (χ1v) is 8.25. The second-order valence-electron chi connectivity index (χ2n) is 5.18. The van der Waals surface area contributed by atoms with Crippen LogP contribution in [0, 0.1) is 0 Å². The van der Waals surface area contributed by atoms with Crippen molar-refractivity contribution in [1.29, 1.82) is 0 Å². The van der Waals surface area contributed by atoms with Crippen LogP contribution in [0.3, 0.4) is 0 Å². The van der Waals surface area contributed by atoms with Gasteiger partial charge in [0.2, 0.25) is 5.28 Å². The molecule has 22 heavy (non-hydrogen) atoms. The highest BCUT2D eigenvalue weighted by Gasteiger charge is 2.26. The Morgan fingerprint density at radius 2 is 2.18 bits per heavy atom. The minimum Gasteiger partial charge on any atom is -0.415 e. The maximum atomic E-state index is 11.9. The number of hydrogen-bond acceptors (Lipinski definition) is 5. The van der Waals surface area contributed by atoms with Gasteiger partial charge in [-0.3, -0.25) is 5.01 Å². The van der Waals surface area contributed by atoms with E-state index in [4.69, 9.17) is 16.3 Å². The van der Waals surface area contributed by atoms with E-state index in [0.29, 0.717) is 16.0 Å². The summed E-state index contributed by atoms with van der Waals surface area (Å²) < 4.78 is 5.64. The number of nitrogens with zero attached hydrogens (tertiary/aromatic N) is 3. The van der Waals surface area contributed by atoms with Gasteiger partial charge in [-0.25, -0.2) is 15.2 Å². The number of halogens is 2. The highest BCUT2D eigenvalue weighted by molar-refractivity contribution is 9.10. The van der Waals surface area contributed by atoms with E-state index < -0.39 is 6.09 Å². The second kappa shape index (κ2) is 7.78. The van der Waals surface area contributed by atoms with Crippen LogP contribution in [0.5, 0.6) is 0 Å². The Labute approximate surface area is 143 Å². The van der Waals surface area contributed by atoms with Crippen LogP contribution in [0.1, 0.15) is 39.0 Å². The molecule has 1 aliphatic rings. The van der Waals surface area contributed by atoms with Crippen molar-refractivity contribution in [1.82, 2.24) is 15.4 Å². The molecule has 1 aliphatic carbocycles. The van der Waals surface area contributed by atoms with E-state index in [2.05, 4.69) is 37.9 Å². The van der Waals surface area contributed by atoms with E-state index in [1.54, 1.807) is 18.1 Å². The van der Waals surface area contributed by atoms with E-state index in [1.165, 1.54) is 6.42 Å². The maximum absolute atomic E-state index is 11.9. The summed E-state index contributed by atoms with van der Waals surface area (Å²) in [6, 6.07) is 0.133. The number of nitrogens with one attached hydrogen (secondary N) is 1. The van der Waals surface area contributed by atoms with Gasteiger partial charge in [0.15, 0.2) is 5.82 Å². The predicted molar refractivity (Wildman–Crippen MR) is 88.5 cm³/mol. The van der Waals surface area contributed by atoms with Crippen molar-refractivity contribution in [3.63, 3.8) is 0 Å². The number of carbonyl (C=O) groups is 1. The van der Waals surface area contributed by atoms with Crippen molar-refractivity contribution in [2.45, 2.75) is 45.1 Å². The Bertz CT molecular complexity index is 564. The van der Waals surface area contributed by atoms with Gasteiger partial charge in [0.05, 0.1) is 16.3 Å². The fourth-order valence-corrected chi connectivity index (χ4v) is 2.95. The Hall–Kier alpha value is -1.34. The molecule has 0 aliphatic heterocycles. The summed E-state index contributed by atoms with van der Waals surface area (Å²) in [6.45, 7) is 5.17. The number of rotatable bonds is 4. The van der Waals surface area contributed by atoms with Gasteiger partial charge in [-0.05, 0) is 47.3 Å². The number of hydrazine groups is 1. The van der Waals surface area contributed by atoms with E-state index in [-0.39, 0.29) is 11.3 Å². The van der Waals surface area contributed by atoms with Crippen LogP contribution in [0.25, 0.3) is 0 Å². The van der Waals surface area contributed by atoms with Crippen LogP contribution in [0.15, 0.2) is 23.0 Å². The minimum absolute atomic E-state index is 0.120. The van der Waals surface area contributed by atoms with Crippen LogP contribution in [-0.4, -0.2) is 22.1 Å². The van der Waals surface area contributed by atoms with Crippen LogP contribution >= 0.6 is 27.5 Å². The molecule has 1 aromatic rings. The topological polar surface area (TPSA) is 67.3 Å². The molecule has 6 nitrogen and oxygen atoms in total. The lowest BCUT2D eigenvalue weighted by Crippen LogP contribution is -2.50. The zero-order valence-corrected chi connectivity index (χ0v) is 14.7. The fraction of sp³-hybridized carbons (Fsp3) is 0.500. The zero-order valence-electron chi connectivity index (χ0n) is 12.3. The number of hydrogen-bond donors (Lipinski definition) is 1. The number of amides is 1. The van der Waals surface area contributed by atoms with Gasteiger partial charge < -0.3 is 4.74 Å². The molecule has 0 bridgehead atoms. The van der Waals surface area contributed by atoms with Crippen LogP contribution < -0.4 is 10.4 Å². The third-order valence-electron chi connectivity index (χ3n) is 3.34. The summed E-state index contributed by atoms with van der Waals surface area (Å²) in [5.41, 5.74) is 2.73. The predicted octanol–water partition coefficient (Wildman–Crippen LogP) is 4.21. The van der Waals surface area contributed by atoms with Crippen molar-refractivity contribution in [2.75, 3.05) is 5.01 Å². The van der Waals surface area contributed by atoms with Crippen LogP contribution in [-0.2, 0) is 4.74 Å². The van der Waals surface area contributed by atoms with Crippen molar-refractivity contribution < 1.29 is 9.53 Å². The highest BCUT2D eigenvalue weighted by atomic mass is 79.9. The van der Waals surface area contributed by atoms with E-state index >= 15 is 0 Å². The average Bonchev–Trinajstić information content (AvgIpc) is 2.48. The average molecular weight is 390 g/mol. The Morgan fingerprint density at radius 3 is 2.82 bits per heavy atom. The van der Waals surface area contributed by atoms with Crippen molar-refractivity contribution >= 4 is 39.4 Å². The summed E-state index contributed by atoms with van der Waals surface area (Å²) in [4.78, 5) is 20.1. The van der Waals surface area contributed by atoms with Gasteiger partial charge in [0.25, 0.3) is 0 Å². The largest absolute Gasteiger partial charge is 0.431 e. The molecule has 0 aromatic carbocycles. The molecular weight excluding hydrogens is 372 g/mol. The first-order chi connectivity index (χ1) is 10.5. The lowest BCUT2D eigenvalue weighted by atomic mass is 9.95. The summed E-state index contributed by atoms with van der Waals surface area (Å²) in [5.74, 6) is 0.839. The molecule has 8 heteroatoms. The number of anilines is 1. The molecule has 1 aromatic heterocycles. The molecule has 1 saturated carbocycles. The van der Waals surface area contributed by atoms with Crippen LogP contribution in [0.4, 0.5) is 10.6 Å². The SMILES string of the molecule is C=C(C)OC(=O)NN(c1nc(Cl)ncc1Br)C1CCCCC1. The number of allylic oxidation sites excluding steroid dienone is 1. The maximum Gasteiger partial charge on any atom is 0.431 e. The lowest BCUT2D eigenvalue weighted by Gasteiger charge is -2.35. The molecule has 1 heterocycles. The highest BCUT2D eigenvalue weighted by Crippen LogP contribution is 2.30. The number of ether oxygens (including phenoxy) is 1. The lowest BCUT2D eigenvalue weighted by molar-refractivity contribution is 0.172. The monoisotopic (exact) mass is 388 g/mol. The summed E-state index contributed by atoms with van der Waals surface area (Å²) in [5, 5.41) is 1.83. The first-order valence-electron chi connectivity index (χ1n) is 7.08. The van der Waals surface area contributed by atoms with Gasteiger partial charge in [-0.15, -0.1) is 0 Å². The van der Waals surface area contributed by atoms with E-state index in [1.807, 2.05) is 0 Å². The molecule has 0 saturated heterocycles. The fourth-order valence-electron chi connectivity index (χ4n) is 2.44. The third-order valence-corrected chi connectivity index (χ3v) is 4.08. The molecule has 1 fully saturated rings. The summed E-state index contributed by atoms with van der Waals surface area (Å²) in [7, 11) is 0. The third kappa shape index (κ3) is 4.58. The van der Waals surface area contributed by atoms with Crippen LogP contribution in [0.2, 0.25) is 5.28 Å². The first kappa shape index (κ1) is 17.0. The molecule has 120 valence electrons. The Kier molecular flexibility index (Phi) is 6.02. The van der Waals surface area contributed by atoms with Gasteiger partial charge in [-0.2, -0.15) is 4.98 Å². The standard InChI is InChI=1S/C14H18BrClN4O2/c1-9(2)22-14(21)19-20(10-6-4-3-5-7-10)12-11(15)8-17-13(16)18-12/h8,10H,1,3-7H2,2H3,(H,19,21). The van der Waals surface area contributed by atoms with E-state index in [9.17, 15) is 4.79 Å². The van der Waals surface area contributed by atoms with Crippen molar-refractivity contribution in [2.24, 2.45) is 0 Å². The molecule has 2 rings (SSSR count). The normalized spacial score (nSPS) is 15.2. The minimum atomic E-state index is -0.597. The van der Waals surface area contributed by atoms with Gasteiger partial charge >= 0.3 is 6.09 Å². The van der Waals surface area contributed by atoms with Gasteiger partial charge in [0, 0.05) is 6.20 Å². The van der Waals surface area contributed by atoms with Gasteiger partial charge in [0.1, 0.15) is 0 Å². The van der Waals surface area contributed by atoms with Crippen molar-refractivity contribution in [3.05, 3.63) is 28.3 Å². The molecule has 1 amide bonds. The Morgan fingerprint density at radius 1 is 1.50 bits per heavy atom. The van der Waals surface area contributed by atoms with Gasteiger partial charge in [-0.1, -0.05) is 25.8 Å². The molecule has 1 N–H and O–H groups in total. The number of carbonyl (C=O) groups excluding carboxylic acids is 1. The second-order valence-corrected chi connectivity index (χ2v) is 6.37. The zero-order chi connectivity index (χ0) is 16.1. The molecule has 0 radical (unpaired) electrons. The molecular formula is C14H18BrClN4O2. The van der Waals surface area contributed by atoms with Crippen molar-refractivity contribution in [3.8, 4) is 0 Å². The number of aromatic nitrogens is 2. The summed E-state index contributed by atoms with van der Waals surface area (Å²) >= 11 is 9.30. The quantitative estimate of drug-likeness (QED) is 0.475. The smallest absolute Gasteiger partial charge is 0.415 e. The van der Waals surface area contributed by atoms with E-state index in [0.717, 1.165) is 25.7 Å². The molecule has 0 spiro atoms. The molecule has 0 atom stereocenters.